The van der Waals surface area contributed by atoms with Crippen molar-refractivity contribution < 1.29 is 4.39 Å². The van der Waals surface area contributed by atoms with Crippen molar-refractivity contribution in [3.63, 3.8) is 0 Å². The van der Waals surface area contributed by atoms with E-state index in [0.717, 1.165) is 39.8 Å². The quantitative estimate of drug-likeness (QED) is 0.306. The van der Waals surface area contributed by atoms with Crippen LogP contribution in [0.2, 0.25) is 0 Å². The van der Waals surface area contributed by atoms with Gasteiger partial charge in [0.2, 0.25) is 0 Å². The number of aromatic amines is 1. The first kappa shape index (κ1) is 25.3. The maximum atomic E-state index is 14.1. The molecule has 4 heterocycles. The molecule has 6 heteroatoms. The monoisotopic (exact) mass is 513 g/mol. The summed E-state index contributed by atoms with van der Waals surface area (Å²) >= 11 is 0. The predicted octanol–water partition coefficient (Wildman–Crippen LogP) is 6.52. The van der Waals surface area contributed by atoms with Gasteiger partial charge >= 0.3 is 0 Å². The van der Waals surface area contributed by atoms with Crippen molar-refractivity contribution in [1.82, 2.24) is 24.6 Å². The molecule has 4 aromatic rings. The van der Waals surface area contributed by atoms with E-state index in [4.69, 9.17) is 5.10 Å². The van der Waals surface area contributed by atoms with Gasteiger partial charge in [-0.1, -0.05) is 38.1 Å². The molecule has 1 N–H and O–H groups in total. The number of halogens is 1. The molecule has 0 saturated carbocycles. The number of rotatable bonds is 7. The topological polar surface area (TPSA) is 40.1 Å². The van der Waals surface area contributed by atoms with Crippen LogP contribution in [-0.4, -0.2) is 63.3 Å². The molecule has 0 radical (unpaired) electrons. The van der Waals surface area contributed by atoms with E-state index in [0.29, 0.717) is 18.0 Å². The molecule has 0 bridgehead atoms. The van der Waals surface area contributed by atoms with E-state index in [2.05, 4.69) is 69.8 Å². The highest BCUT2D eigenvalue weighted by Crippen LogP contribution is 2.29. The van der Waals surface area contributed by atoms with Crippen LogP contribution in [-0.2, 0) is 6.42 Å². The van der Waals surface area contributed by atoms with Crippen LogP contribution in [0.1, 0.15) is 56.8 Å². The van der Waals surface area contributed by atoms with Crippen molar-refractivity contribution in [3.05, 3.63) is 77.9 Å². The number of aromatic nitrogens is 3. The number of hydrogen-bond acceptors (Lipinski definition) is 3. The van der Waals surface area contributed by atoms with E-state index in [1.807, 2.05) is 12.1 Å². The Morgan fingerprint density at radius 2 is 1.68 bits per heavy atom. The van der Waals surface area contributed by atoms with Crippen LogP contribution < -0.4 is 0 Å². The molecule has 200 valence electrons. The summed E-state index contributed by atoms with van der Waals surface area (Å²) in [6.07, 6.45) is 7.68. The molecule has 0 atom stereocenters. The highest BCUT2D eigenvalue weighted by atomic mass is 19.1. The lowest BCUT2D eigenvalue weighted by atomic mass is 9.97. The summed E-state index contributed by atoms with van der Waals surface area (Å²) in [5.41, 5.74) is 4.94. The minimum atomic E-state index is -0.157. The first-order chi connectivity index (χ1) is 18.5. The molecule has 0 amide bonds. The molecule has 0 spiro atoms. The van der Waals surface area contributed by atoms with Gasteiger partial charge in [-0.25, -0.2) is 4.39 Å². The van der Waals surface area contributed by atoms with Crippen molar-refractivity contribution in [2.45, 2.75) is 58.0 Å². The van der Waals surface area contributed by atoms with Gasteiger partial charge in [-0.3, -0.25) is 4.68 Å². The normalized spacial score (nSPS) is 18.6. The third-order valence-corrected chi connectivity index (χ3v) is 8.49. The molecule has 2 aromatic heterocycles. The van der Waals surface area contributed by atoms with Gasteiger partial charge in [-0.2, -0.15) is 5.10 Å². The van der Waals surface area contributed by atoms with E-state index < -0.39 is 0 Å². The van der Waals surface area contributed by atoms with E-state index in [1.54, 1.807) is 6.07 Å². The van der Waals surface area contributed by atoms with Crippen molar-refractivity contribution in [1.29, 1.82) is 0 Å². The minimum absolute atomic E-state index is 0.157. The zero-order valence-electron chi connectivity index (χ0n) is 22.7. The minimum Gasteiger partial charge on any atom is -0.358 e. The summed E-state index contributed by atoms with van der Waals surface area (Å²) in [5.74, 6) is 0.601. The van der Waals surface area contributed by atoms with Crippen LogP contribution >= 0.6 is 0 Å². The number of benzene rings is 2. The van der Waals surface area contributed by atoms with E-state index in [9.17, 15) is 4.39 Å². The molecule has 38 heavy (non-hydrogen) atoms. The summed E-state index contributed by atoms with van der Waals surface area (Å²) < 4.78 is 16.3. The highest BCUT2D eigenvalue weighted by Gasteiger charge is 2.29. The fourth-order valence-electron chi connectivity index (χ4n) is 6.49. The van der Waals surface area contributed by atoms with Gasteiger partial charge in [-0.15, -0.1) is 0 Å². The molecular weight excluding hydrogens is 473 g/mol. The fourth-order valence-corrected chi connectivity index (χ4v) is 6.49. The largest absolute Gasteiger partial charge is 0.358 e. The summed E-state index contributed by atoms with van der Waals surface area (Å²) in [6.45, 7) is 10.7. The highest BCUT2D eigenvalue weighted by molar-refractivity contribution is 5.85. The summed E-state index contributed by atoms with van der Waals surface area (Å²) in [7, 11) is 0. The lowest BCUT2D eigenvalue weighted by Crippen LogP contribution is -2.48. The van der Waals surface area contributed by atoms with Gasteiger partial charge in [0, 0.05) is 60.5 Å². The molecule has 2 aliphatic heterocycles. The molecule has 2 fully saturated rings. The van der Waals surface area contributed by atoms with Crippen LogP contribution in [0.5, 0.6) is 0 Å². The van der Waals surface area contributed by atoms with Crippen LogP contribution in [0.4, 0.5) is 4.39 Å². The van der Waals surface area contributed by atoms with Gasteiger partial charge in [0.25, 0.3) is 0 Å². The maximum absolute atomic E-state index is 14.1. The molecular formula is C32H40FN5. The molecule has 2 saturated heterocycles. The van der Waals surface area contributed by atoms with Crippen molar-refractivity contribution in [3.8, 4) is 11.3 Å². The first-order valence-electron chi connectivity index (χ1n) is 14.4. The van der Waals surface area contributed by atoms with Crippen LogP contribution in [0, 0.1) is 11.7 Å². The predicted molar refractivity (Wildman–Crippen MR) is 153 cm³/mol. The van der Waals surface area contributed by atoms with Crippen molar-refractivity contribution >= 4 is 10.9 Å². The lowest BCUT2D eigenvalue weighted by Gasteiger charge is -2.42. The van der Waals surface area contributed by atoms with Crippen LogP contribution in [0.15, 0.2) is 60.8 Å². The molecule has 0 unspecified atom stereocenters. The summed E-state index contributed by atoms with van der Waals surface area (Å²) in [5, 5.41) is 6.14. The van der Waals surface area contributed by atoms with Gasteiger partial charge in [0.05, 0.1) is 11.7 Å². The number of H-pyrrole nitrogens is 1. The second kappa shape index (κ2) is 11.0. The Morgan fingerprint density at radius 3 is 2.45 bits per heavy atom. The number of nitrogens with zero attached hydrogens (tertiary/aromatic N) is 4. The Hall–Kier alpha value is -2.96. The second-order valence-electron chi connectivity index (χ2n) is 11.7. The third-order valence-electron chi connectivity index (χ3n) is 8.49. The standard InChI is InChI=1S/C32H40FN5/c1-23(2)22-36-14-9-28(10-15-36)37-16-11-29(12-17-37)38-18-13-32(35-38)25-7-8-31-26(19-25)21-27(34-31)20-24-5-3-4-6-30(24)33/h3-8,13,18-19,21,23,28-29,34H,9-12,14-17,20,22H2,1-2H3. The average Bonchev–Trinajstić information content (AvgIpc) is 3.57. The molecule has 6 rings (SSSR count). The van der Waals surface area contributed by atoms with Gasteiger partial charge in [0.1, 0.15) is 5.82 Å². The number of nitrogens with one attached hydrogen (secondary N) is 1. The number of fused-ring (bicyclic) bond motifs is 1. The van der Waals surface area contributed by atoms with Crippen LogP contribution in [0.25, 0.3) is 22.2 Å². The summed E-state index contributed by atoms with van der Waals surface area (Å²) in [4.78, 5) is 8.84. The van der Waals surface area contributed by atoms with E-state index >= 15 is 0 Å². The number of piperidine rings is 2. The third kappa shape index (κ3) is 5.57. The van der Waals surface area contributed by atoms with E-state index in [-0.39, 0.29) is 5.82 Å². The van der Waals surface area contributed by atoms with Gasteiger partial charge in [-0.05, 0) is 80.6 Å². The lowest BCUT2D eigenvalue weighted by molar-refractivity contribution is 0.0737. The Kier molecular flexibility index (Phi) is 7.35. The van der Waals surface area contributed by atoms with Crippen LogP contribution in [0.3, 0.4) is 0 Å². The van der Waals surface area contributed by atoms with E-state index in [1.165, 1.54) is 64.5 Å². The van der Waals surface area contributed by atoms with Crippen molar-refractivity contribution in [2.24, 2.45) is 5.92 Å². The smallest absolute Gasteiger partial charge is 0.126 e. The zero-order valence-corrected chi connectivity index (χ0v) is 22.7. The fraction of sp³-hybridized carbons (Fsp3) is 0.469. The Balaban J connectivity index is 1.07. The number of hydrogen-bond donors (Lipinski definition) is 1. The Bertz CT molecular complexity index is 1360. The average molecular weight is 514 g/mol. The molecule has 0 aliphatic carbocycles. The number of likely N-dealkylation sites (tertiary alicyclic amines) is 2. The Morgan fingerprint density at radius 1 is 0.921 bits per heavy atom. The summed E-state index contributed by atoms with van der Waals surface area (Å²) in [6, 6.07) is 18.9. The Labute approximate surface area is 225 Å². The van der Waals surface area contributed by atoms with Gasteiger partial charge < -0.3 is 14.8 Å². The first-order valence-corrected chi connectivity index (χ1v) is 14.4. The SMILES string of the molecule is CC(C)CN1CCC(N2CCC(n3ccc(-c4ccc5[nH]c(Cc6ccccc6F)cc5c4)n3)CC2)CC1. The van der Waals surface area contributed by atoms with Crippen molar-refractivity contribution in [2.75, 3.05) is 32.7 Å². The molecule has 2 aliphatic rings. The van der Waals surface area contributed by atoms with Gasteiger partial charge in [0.15, 0.2) is 0 Å². The zero-order chi connectivity index (χ0) is 26.1. The molecule has 2 aromatic carbocycles. The maximum Gasteiger partial charge on any atom is 0.126 e. The molecule has 5 nitrogen and oxygen atoms in total. The second-order valence-corrected chi connectivity index (χ2v) is 11.7.